The van der Waals surface area contributed by atoms with Crippen molar-refractivity contribution < 1.29 is 0 Å². The molecule has 166 valence electrons. The topological polar surface area (TPSA) is 0 Å². The van der Waals surface area contributed by atoms with Gasteiger partial charge in [0.2, 0.25) is 0 Å². The first kappa shape index (κ1) is 22.4. The Bertz CT molecular complexity index is 949. The van der Waals surface area contributed by atoms with Crippen molar-refractivity contribution in [2.75, 3.05) is 0 Å². The van der Waals surface area contributed by atoms with Crippen molar-refractivity contribution in [2.24, 2.45) is 5.41 Å². The maximum absolute atomic E-state index is 2.53. The maximum atomic E-state index is 2.53. The lowest BCUT2D eigenvalue weighted by atomic mass is 9.71. The van der Waals surface area contributed by atoms with Crippen molar-refractivity contribution in [3.8, 4) is 11.1 Å². The van der Waals surface area contributed by atoms with Gasteiger partial charge in [-0.25, -0.2) is 0 Å². The van der Waals surface area contributed by atoms with Gasteiger partial charge in [-0.1, -0.05) is 116 Å². The highest BCUT2D eigenvalue weighted by Gasteiger charge is 2.30. The van der Waals surface area contributed by atoms with Crippen LogP contribution in [0.1, 0.15) is 109 Å². The second-order valence-corrected chi connectivity index (χ2v) is 12.7. The molecule has 1 fully saturated rings. The molecule has 0 heteroatoms. The molecule has 0 unspecified atom stereocenters. The second-order valence-electron chi connectivity index (χ2n) is 12.7. The van der Waals surface area contributed by atoms with Gasteiger partial charge in [-0.3, -0.25) is 0 Å². The van der Waals surface area contributed by atoms with E-state index in [0.29, 0.717) is 5.41 Å². The smallest absolute Gasteiger partial charge is 0.00515 e. The molecule has 2 aliphatic rings. The molecule has 0 spiro atoms. The molecule has 2 aromatic carbocycles. The van der Waals surface area contributed by atoms with Crippen molar-refractivity contribution in [3.63, 3.8) is 0 Å². The first-order valence-electron chi connectivity index (χ1n) is 12.4. The van der Waals surface area contributed by atoms with Crippen LogP contribution in [0.5, 0.6) is 0 Å². The molecule has 0 N–H and O–H groups in total. The number of allylic oxidation sites excluding steroid dienone is 1. The Balaban J connectivity index is 1.70. The fourth-order valence-electron chi connectivity index (χ4n) is 5.60. The normalized spacial score (nSPS) is 18.6. The van der Waals surface area contributed by atoms with Crippen LogP contribution in [0.25, 0.3) is 17.2 Å². The summed E-state index contributed by atoms with van der Waals surface area (Å²) >= 11 is 0. The Kier molecular flexibility index (Phi) is 5.74. The highest BCUT2D eigenvalue weighted by Crippen LogP contribution is 2.45. The third-order valence-electron chi connectivity index (χ3n) is 7.67. The minimum absolute atomic E-state index is 0.146. The summed E-state index contributed by atoms with van der Waals surface area (Å²) in [6.45, 7) is 16.5. The van der Waals surface area contributed by atoms with Gasteiger partial charge in [0.1, 0.15) is 0 Å². The predicted molar refractivity (Wildman–Crippen MR) is 137 cm³/mol. The predicted octanol–water partition coefficient (Wildman–Crippen LogP) is 9.25. The van der Waals surface area contributed by atoms with Gasteiger partial charge >= 0.3 is 0 Å². The molecule has 1 saturated carbocycles. The number of hydrogen-bond donors (Lipinski definition) is 0. The van der Waals surface area contributed by atoms with Crippen LogP contribution in [0.3, 0.4) is 0 Å². The van der Waals surface area contributed by atoms with Crippen LogP contribution < -0.4 is 0 Å². The molecular weight excluding hydrogens is 372 g/mol. The van der Waals surface area contributed by atoms with E-state index in [9.17, 15) is 0 Å². The molecule has 2 aliphatic carbocycles. The molecule has 0 aromatic heterocycles. The van der Waals surface area contributed by atoms with E-state index in [-0.39, 0.29) is 10.8 Å². The summed E-state index contributed by atoms with van der Waals surface area (Å²) in [5, 5.41) is 0. The molecule has 0 saturated heterocycles. The van der Waals surface area contributed by atoms with Crippen LogP contribution in [-0.2, 0) is 17.3 Å². The van der Waals surface area contributed by atoms with Crippen molar-refractivity contribution in [1.29, 1.82) is 0 Å². The minimum Gasteiger partial charge on any atom is -0.0646 e. The molecule has 2 aromatic rings. The van der Waals surface area contributed by atoms with Crippen LogP contribution in [0, 0.1) is 5.41 Å². The van der Waals surface area contributed by atoms with Gasteiger partial charge in [-0.2, -0.15) is 0 Å². The van der Waals surface area contributed by atoms with Gasteiger partial charge < -0.3 is 0 Å². The van der Waals surface area contributed by atoms with Crippen LogP contribution >= 0.6 is 0 Å². The van der Waals surface area contributed by atoms with E-state index in [0.717, 1.165) is 6.42 Å². The maximum Gasteiger partial charge on any atom is -0.00515 e. The van der Waals surface area contributed by atoms with Crippen molar-refractivity contribution in [2.45, 2.75) is 104 Å². The molecule has 4 rings (SSSR count). The highest BCUT2D eigenvalue weighted by molar-refractivity contribution is 5.78. The molecule has 0 atom stereocenters. The monoisotopic (exact) mass is 414 g/mol. The number of rotatable bonds is 3. The summed E-state index contributed by atoms with van der Waals surface area (Å²) in [4.78, 5) is 0. The van der Waals surface area contributed by atoms with E-state index in [2.05, 4.69) is 90.9 Å². The zero-order chi connectivity index (χ0) is 22.4. The Morgan fingerprint density at radius 3 is 2.00 bits per heavy atom. The van der Waals surface area contributed by atoms with Crippen molar-refractivity contribution in [3.05, 3.63) is 64.2 Å². The zero-order valence-electron chi connectivity index (χ0n) is 21.0. The van der Waals surface area contributed by atoms with Gasteiger partial charge in [0.25, 0.3) is 0 Å². The van der Waals surface area contributed by atoms with Gasteiger partial charge in [0.05, 0.1) is 0 Å². The van der Waals surface area contributed by atoms with E-state index < -0.39 is 0 Å². The summed E-state index contributed by atoms with van der Waals surface area (Å²) in [6, 6.07) is 14.3. The summed E-state index contributed by atoms with van der Waals surface area (Å²) in [7, 11) is 0. The average molecular weight is 415 g/mol. The van der Waals surface area contributed by atoms with E-state index >= 15 is 0 Å². The number of fused-ring (bicyclic) bond motifs is 1. The third kappa shape index (κ3) is 4.84. The van der Waals surface area contributed by atoms with Crippen molar-refractivity contribution in [1.82, 2.24) is 0 Å². The third-order valence-corrected chi connectivity index (χ3v) is 7.67. The van der Waals surface area contributed by atoms with Gasteiger partial charge in [-0.15, -0.1) is 0 Å². The van der Waals surface area contributed by atoms with Crippen molar-refractivity contribution >= 4 is 6.08 Å². The first-order valence-corrected chi connectivity index (χ1v) is 12.4. The number of benzene rings is 2. The number of hydrogen-bond acceptors (Lipinski definition) is 0. The average Bonchev–Trinajstić information content (AvgIpc) is 3.08. The largest absolute Gasteiger partial charge is 0.0646 e. The Hall–Kier alpha value is -1.82. The molecule has 0 aliphatic heterocycles. The van der Waals surface area contributed by atoms with Crippen LogP contribution in [0.4, 0.5) is 0 Å². The molecular formula is C31H42. The Morgan fingerprint density at radius 1 is 0.806 bits per heavy atom. The zero-order valence-corrected chi connectivity index (χ0v) is 21.0. The summed E-state index contributed by atoms with van der Waals surface area (Å²) in [5.74, 6) is 0. The van der Waals surface area contributed by atoms with Gasteiger partial charge in [0, 0.05) is 0 Å². The standard InChI is InChI=1S/C31H42/c1-29(2,3)25-18-24(19-26(20-25)30(4,5)6)27-13-11-12-23-16-22(17-28(23)27)21-31(7)14-9-8-10-15-31/h11-13,16,18-20H,8-10,14-15,17,21H2,1-7H3. The molecule has 31 heavy (non-hydrogen) atoms. The minimum atomic E-state index is 0.146. The fraction of sp³-hybridized carbons (Fsp3) is 0.548. The molecule has 0 amide bonds. The second kappa shape index (κ2) is 7.95. The molecule has 0 heterocycles. The van der Waals surface area contributed by atoms with Crippen LogP contribution in [0.15, 0.2) is 42.0 Å². The summed E-state index contributed by atoms with van der Waals surface area (Å²) < 4.78 is 0. The Labute approximate surface area is 191 Å². The highest BCUT2D eigenvalue weighted by atomic mass is 14.3. The summed E-state index contributed by atoms with van der Waals surface area (Å²) in [6.07, 6.45) is 12.0. The quantitative estimate of drug-likeness (QED) is 0.469. The molecule has 0 bridgehead atoms. The van der Waals surface area contributed by atoms with Crippen LogP contribution in [-0.4, -0.2) is 0 Å². The van der Waals surface area contributed by atoms with E-state index in [1.54, 1.807) is 11.1 Å². The molecule has 0 nitrogen and oxygen atoms in total. The Morgan fingerprint density at radius 2 is 1.42 bits per heavy atom. The van der Waals surface area contributed by atoms with Gasteiger partial charge in [0.15, 0.2) is 0 Å². The first-order chi connectivity index (χ1) is 14.4. The lowest BCUT2D eigenvalue weighted by Gasteiger charge is -2.34. The van der Waals surface area contributed by atoms with E-state index in [1.807, 2.05) is 0 Å². The van der Waals surface area contributed by atoms with Crippen LogP contribution in [0.2, 0.25) is 0 Å². The lowest BCUT2D eigenvalue weighted by Crippen LogP contribution is -2.20. The van der Waals surface area contributed by atoms with E-state index in [4.69, 9.17) is 0 Å². The SMILES string of the molecule is CC1(CC2=Cc3cccc(-c4cc(C(C)(C)C)cc(C(C)(C)C)c4)c3C2)CCCCC1. The van der Waals surface area contributed by atoms with Gasteiger partial charge in [-0.05, 0) is 75.3 Å². The lowest BCUT2D eigenvalue weighted by molar-refractivity contribution is 0.214. The molecule has 0 radical (unpaired) electrons. The van der Waals surface area contributed by atoms with E-state index in [1.165, 1.54) is 66.3 Å². The summed E-state index contributed by atoms with van der Waals surface area (Å²) in [5.41, 5.74) is 11.2. The fourth-order valence-corrected chi connectivity index (χ4v) is 5.60.